The van der Waals surface area contributed by atoms with E-state index in [-0.39, 0.29) is 12.0 Å². The van der Waals surface area contributed by atoms with Gasteiger partial charge in [-0.05, 0) is 55.8 Å². The van der Waals surface area contributed by atoms with Gasteiger partial charge in [0.2, 0.25) is 5.78 Å². The zero-order valence-electron chi connectivity index (χ0n) is 14.9. The molecule has 2 aliphatic heterocycles. The van der Waals surface area contributed by atoms with E-state index in [1.165, 1.54) is 6.07 Å². The third-order valence-electron chi connectivity index (χ3n) is 5.38. The van der Waals surface area contributed by atoms with E-state index in [2.05, 4.69) is 4.99 Å². The molecule has 2 aromatic carbocycles. The fourth-order valence-electron chi connectivity index (χ4n) is 3.94. The van der Waals surface area contributed by atoms with E-state index in [0.29, 0.717) is 23.6 Å². The third-order valence-corrected chi connectivity index (χ3v) is 5.38. The molecule has 2 aliphatic rings. The van der Waals surface area contributed by atoms with Crippen molar-refractivity contribution in [1.29, 1.82) is 0 Å². The van der Waals surface area contributed by atoms with Gasteiger partial charge in [-0.1, -0.05) is 0 Å². The van der Waals surface area contributed by atoms with E-state index in [0.717, 1.165) is 22.4 Å². The average Bonchev–Trinajstić information content (AvgIpc) is 3.16. The number of fused-ring (bicyclic) bond motifs is 3. The molecule has 136 valence electrons. The molecule has 5 nitrogen and oxygen atoms in total. The van der Waals surface area contributed by atoms with Gasteiger partial charge in [0.25, 0.3) is 0 Å². The Kier molecular flexibility index (Phi) is 3.16. The van der Waals surface area contributed by atoms with Crippen molar-refractivity contribution < 1.29 is 18.7 Å². The molecule has 1 saturated heterocycles. The Hall–Kier alpha value is -2.99. The first-order chi connectivity index (χ1) is 12.9. The maximum atomic E-state index is 13.9. The number of Topliss-reactive ketones (excluding diaryl/α,β-unsaturated/α-hetero) is 1. The van der Waals surface area contributed by atoms with Crippen molar-refractivity contribution in [1.82, 2.24) is 0 Å². The Labute approximate surface area is 154 Å². The molecule has 0 radical (unpaired) electrons. The van der Waals surface area contributed by atoms with Crippen LogP contribution in [-0.4, -0.2) is 28.9 Å². The van der Waals surface area contributed by atoms with Crippen LogP contribution in [0.2, 0.25) is 0 Å². The molecule has 3 aromatic rings. The molecule has 0 spiro atoms. The molecule has 0 saturated carbocycles. The lowest BCUT2D eigenvalue weighted by Crippen LogP contribution is -2.48. The maximum absolute atomic E-state index is 13.9. The van der Waals surface area contributed by atoms with E-state index in [4.69, 9.17) is 4.42 Å². The summed E-state index contributed by atoms with van der Waals surface area (Å²) in [6, 6.07) is 10.4. The predicted octanol–water partition coefficient (Wildman–Crippen LogP) is 4.06. The fraction of sp³-hybridized carbons (Fsp3) is 0.238. The first-order valence-electron chi connectivity index (χ1n) is 8.81. The van der Waals surface area contributed by atoms with Crippen molar-refractivity contribution in [3.05, 3.63) is 59.1 Å². The number of furan rings is 1. The van der Waals surface area contributed by atoms with Gasteiger partial charge < -0.3 is 14.4 Å². The summed E-state index contributed by atoms with van der Waals surface area (Å²) in [4.78, 5) is 19.3. The minimum Gasteiger partial charge on any atom is -0.461 e. The lowest BCUT2D eigenvalue weighted by Gasteiger charge is -2.30. The number of ketones is 1. The molecule has 0 amide bonds. The second-order valence-corrected chi connectivity index (χ2v) is 7.22. The summed E-state index contributed by atoms with van der Waals surface area (Å²) in [5, 5.41) is 12.0. The standard InChI is InChI=1S/C21H17FN2O3/c1-11-7-17-15(10-16(11)22)19(25)21(26)5-6-24(20(21)23-17)14-3-4-18-13(9-14)8-12(2)27-18/h3-4,7-10,26H,5-6H2,1-2H3/t21-/m1/s1. The van der Waals surface area contributed by atoms with Gasteiger partial charge in [-0.15, -0.1) is 0 Å². The van der Waals surface area contributed by atoms with Crippen LogP contribution < -0.4 is 4.90 Å². The quantitative estimate of drug-likeness (QED) is 0.707. The predicted molar refractivity (Wildman–Crippen MR) is 100 cm³/mol. The van der Waals surface area contributed by atoms with Crippen molar-refractivity contribution in [2.24, 2.45) is 4.99 Å². The normalized spacial score (nSPS) is 21.4. The summed E-state index contributed by atoms with van der Waals surface area (Å²) < 4.78 is 19.6. The minimum absolute atomic E-state index is 0.132. The largest absolute Gasteiger partial charge is 0.461 e. The lowest BCUT2D eigenvalue weighted by atomic mass is 9.87. The Morgan fingerprint density at radius 2 is 2.04 bits per heavy atom. The summed E-state index contributed by atoms with van der Waals surface area (Å²) in [5.41, 5.74) is 0.821. The number of nitrogens with zero attached hydrogens (tertiary/aromatic N) is 2. The van der Waals surface area contributed by atoms with Crippen LogP contribution in [0.25, 0.3) is 11.0 Å². The fourth-order valence-corrected chi connectivity index (χ4v) is 3.94. The summed E-state index contributed by atoms with van der Waals surface area (Å²) in [6.07, 6.45) is 0.210. The van der Waals surface area contributed by atoms with Crippen molar-refractivity contribution in [3.8, 4) is 0 Å². The molecule has 6 heteroatoms. The number of aliphatic imine (C=N–C) groups is 1. The molecule has 0 aliphatic carbocycles. The van der Waals surface area contributed by atoms with Crippen molar-refractivity contribution in [3.63, 3.8) is 0 Å². The Balaban J connectivity index is 1.66. The summed E-state index contributed by atoms with van der Waals surface area (Å²) in [7, 11) is 0. The molecule has 1 fully saturated rings. The van der Waals surface area contributed by atoms with E-state index < -0.39 is 17.2 Å². The van der Waals surface area contributed by atoms with Crippen LogP contribution in [0.15, 0.2) is 45.8 Å². The molecule has 1 atom stereocenters. The van der Waals surface area contributed by atoms with Gasteiger partial charge in [0, 0.05) is 29.6 Å². The van der Waals surface area contributed by atoms with Crippen LogP contribution in [0.1, 0.15) is 28.1 Å². The summed E-state index contributed by atoms with van der Waals surface area (Å²) in [5.74, 6) is 0.145. The van der Waals surface area contributed by atoms with E-state index >= 15 is 0 Å². The van der Waals surface area contributed by atoms with Gasteiger partial charge in [0.15, 0.2) is 5.60 Å². The van der Waals surface area contributed by atoms with E-state index in [1.54, 1.807) is 13.0 Å². The molecule has 27 heavy (non-hydrogen) atoms. The maximum Gasteiger partial charge on any atom is 0.204 e. The topological polar surface area (TPSA) is 66.0 Å². The Bertz CT molecular complexity index is 1160. The van der Waals surface area contributed by atoms with Gasteiger partial charge in [0.1, 0.15) is 23.0 Å². The highest BCUT2D eigenvalue weighted by Crippen LogP contribution is 2.40. The van der Waals surface area contributed by atoms with Crippen LogP contribution >= 0.6 is 0 Å². The number of aliphatic hydroxyl groups is 1. The molecular weight excluding hydrogens is 347 g/mol. The number of rotatable bonds is 1. The molecule has 0 bridgehead atoms. The van der Waals surface area contributed by atoms with E-state index in [1.807, 2.05) is 36.1 Å². The van der Waals surface area contributed by atoms with Gasteiger partial charge in [-0.2, -0.15) is 0 Å². The zero-order chi connectivity index (χ0) is 18.9. The van der Waals surface area contributed by atoms with Crippen LogP contribution in [0, 0.1) is 19.7 Å². The minimum atomic E-state index is -1.73. The van der Waals surface area contributed by atoms with Gasteiger partial charge >= 0.3 is 0 Å². The van der Waals surface area contributed by atoms with Gasteiger partial charge in [-0.3, -0.25) is 4.79 Å². The number of carbonyl (C=O) groups excluding carboxylic acids is 1. The van der Waals surface area contributed by atoms with Crippen LogP contribution in [-0.2, 0) is 0 Å². The number of aryl methyl sites for hydroxylation is 2. The first kappa shape index (κ1) is 16.2. The number of amidine groups is 1. The van der Waals surface area contributed by atoms with Gasteiger partial charge in [0.05, 0.1) is 5.69 Å². The number of benzene rings is 2. The monoisotopic (exact) mass is 364 g/mol. The first-order valence-corrected chi connectivity index (χ1v) is 8.81. The molecule has 5 rings (SSSR count). The third kappa shape index (κ3) is 2.20. The summed E-state index contributed by atoms with van der Waals surface area (Å²) >= 11 is 0. The Morgan fingerprint density at radius 3 is 2.85 bits per heavy atom. The smallest absolute Gasteiger partial charge is 0.204 e. The second-order valence-electron chi connectivity index (χ2n) is 7.22. The highest BCUT2D eigenvalue weighted by Gasteiger charge is 2.52. The second kappa shape index (κ2) is 5.27. The SMILES string of the molecule is Cc1cc2cc(N3CC[C@@]4(O)C(=O)c5cc(F)c(C)cc5N=C34)ccc2o1. The molecule has 0 unspecified atom stereocenters. The molecule has 3 heterocycles. The van der Waals surface area contributed by atoms with Crippen molar-refractivity contribution >= 4 is 34.0 Å². The Morgan fingerprint density at radius 1 is 1.22 bits per heavy atom. The number of hydrogen-bond acceptors (Lipinski definition) is 5. The van der Waals surface area contributed by atoms with Crippen LogP contribution in [0.3, 0.4) is 0 Å². The molecular formula is C21H17FN2O3. The van der Waals surface area contributed by atoms with Gasteiger partial charge in [-0.25, -0.2) is 9.38 Å². The number of halogens is 1. The van der Waals surface area contributed by atoms with Crippen molar-refractivity contribution in [2.75, 3.05) is 11.4 Å². The molecule has 1 aromatic heterocycles. The summed E-state index contributed by atoms with van der Waals surface area (Å²) in [6.45, 7) is 3.96. The van der Waals surface area contributed by atoms with Crippen LogP contribution in [0.4, 0.5) is 15.8 Å². The zero-order valence-corrected chi connectivity index (χ0v) is 14.9. The highest BCUT2D eigenvalue weighted by atomic mass is 19.1. The van der Waals surface area contributed by atoms with E-state index in [9.17, 15) is 14.3 Å². The lowest BCUT2D eigenvalue weighted by molar-refractivity contribution is 0.0601. The number of anilines is 1. The number of hydrogen-bond donors (Lipinski definition) is 1. The number of carbonyl (C=O) groups is 1. The van der Waals surface area contributed by atoms with Crippen molar-refractivity contribution in [2.45, 2.75) is 25.9 Å². The molecule has 1 N–H and O–H groups in total. The highest BCUT2D eigenvalue weighted by molar-refractivity contribution is 6.28. The average molecular weight is 364 g/mol. The van der Waals surface area contributed by atoms with Crippen LogP contribution in [0.5, 0.6) is 0 Å².